The van der Waals surface area contributed by atoms with E-state index in [2.05, 4.69) is 18.2 Å². The zero-order chi connectivity index (χ0) is 10.0. The van der Waals surface area contributed by atoms with Crippen molar-refractivity contribution in [3.05, 3.63) is 5.38 Å². The van der Waals surface area contributed by atoms with Crippen LogP contribution in [0.25, 0.3) is 0 Å². The van der Waals surface area contributed by atoms with E-state index >= 15 is 0 Å². The molecule has 1 aromatic heterocycles. The lowest BCUT2D eigenvalue weighted by atomic mass is 10.4. The molecule has 0 bridgehead atoms. The van der Waals surface area contributed by atoms with E-state index < -0.39 is 0 Å². The molecule has 0 saturated carbocycles. The van der Waals surface area contributed by atoms with Crippen molar-refractivity contribution in [3.8, 4) is 5.75 Å². The van der Waals surface area contributed by atoms with E-state index in [9.17, 15) is 5.11 Å². The van der Waals surface area contributed by atoms with E-state index in [1.807, 2.05) is 7.05 Å². The van der Waals surface area contributed by atoms with Crippen LogP contribution in [0.5, 0.6) is 5.75 Å². The Morgan fingerprint density at radius 3 is 2.62 bits per heavy atom. The molecule has 0 amide bonds. The predicted octanol–water partition coefficient (Wildman–Crippen LogP) is 2.38. The average molecular weight is 218 g/mol. The number of nitrogens with zero attached hydrogens (tertiary/aromatic N) is 1. The minimum atomic E-state index is 0.211. The lowest BCUT2D eigenvalue weighted by molar-refractivity contribution is 0.457. The molecule has 3 nitrogen and oxygen atoms in total. The molecule has 0 unspecified atom stereocenters. The first-order valence-corrected chi connectivity index (χ1v) is 5.64. The summed E-state index contributed by atoms with van der Waals surface area (Å²) in [7, 11) is 1.99. The zero-order valence-electron chi connectivity index (χ0n) is 7.94. The van der Waals surface area contributed by atoms with Gasteiger partial charge in [0.15, 0.2) is 5.75 Å². The molecule has 0 aliphatic rings. The normalized spacial score (nSPS) is 11.5. The molecule has 13 heavy (non-hydrogen) atoms. The van der Waals surface area contributed by atoms with Gasteiger partial charge in [-0.2, -0.15) is 0 Å². The fraction of sp³-hybridized carbons (Fsp3) is 0.500. The van der Waals surface area contributed by atoms with E-state index in [1.54, 1.807) is 5.38 Å². The molecule has 5 heteroatoms. The van der Waals surface area contributed by atoms with Crippen LogP contribution in [0.2, 0.25) is 0 Å². The number of rotatable bonds is 3. The highest BCUT2D eigenvalue weighted by Gasteiger charge is 2.12. The summed E-state index contributed by atoms with van der Waals surface area (Å²) in [5.74, 6) is 0.211. The van der Waals surface area contributed by atoms with Gasteiger partial charge in [-0.05, 0) is 32.8 Å². The Morgan fingerprint density at radius 2 is 2.23 bits per heavy atom. The van der Waals surface area contributed by atoms with Crippen molar-refractivity contribution in [2.24, 2.45) is 0 Å². The Balaban J connectivity index is 2.69. The number of hydrogen-bond donors (Lipinski definition) is 2. The largest absolute Gasteiger partial charge is 0.504 e. The number of anilines is 1. The van der Waals surface area contributed by atoms with E-state index in [0.29, 0.717) is 11.7 Å². The third-order valence-corrected chi connectivity index (χ3v) is 4.07. The maximum Gasteiger partial charge on any atom is 0.164 e. The Hall–Kier alpha value is -0.390. The van der Waals surface area contributed by atoms with Crippen molar-refractivity contribution in [2.45, 2.75) is 24.1 Å². The first-order valence-electron chi connectivity index (χ1n) is 3.99. The van der Waals surface area contributed by atoms with Gasteiger partial charge in [0.1, 0.15) is 4.21 Å². The molecule has 0 aromatic carbocycles. The summed E-state index contributed by atoms with van der Waals surface area (Å²) in [5, 5.41) is 11.3. The first kappa shape index (κ1) is 10.7. The fourth-order valence-corrected chi connectivity index (χ4v) is 2.57. The third kappa shape index (κ3) is 2.52. The second-order valence-electron chi connectivity index (χ2n) is 3.06. The molecule has 0 saturated heterocycles. The molecule has 1 heterocycles. The lowest BCUT2D eigenvalue weighted by Gasteiger charge is -2.18. The van der Waals surface area contributed by atoms with Crippen molar-refractivity contribution < 1.29 is 5.11 Å². The molecule has 3 N–H and O–H groups in total. The first-order chi connectivity index (χ1) is 6.02. The second kappa shape index (κ2) is 4.21. The second-order valence-corrected chi connectivity index (χ2v) is 5.36. The van der Waals surface area contributed by atoms with E-state index in [1.165, 1.54) is 23.3 Å². The van der Waals surface area contributed by atoms with Crippen molar-refractivity contribution in [3.63, 3.8) is 0 Å². The maximum atomic E-state index is 9.51. The molecule has 0 aliphatic heterocycles. The predicted molar refractivity (Wildman–Crippen MR) is 59.2 cm³/mol. The summed E-state index contributed by atoms with van der Waals surface area (Å²) in [6, 6.07) is 0.438. The van der Waals surface area contributed by atoms with Crippen LogP contribution < -0.4 is 5.73 Å². The summed E-state index contributed by atoms with van der Waals surface area (Å²) < 4.78 is 2.93. The van der Waals surface area contributed by atoms with Crippen molar-refractivity contribution in [1.29, 1.82) is 0 Å². The van der Waals surface area contributed by atoms with Gasteiger partial charge in [0, 0.05) is 11.4 Å². The minimum absolute atomic E-state index is 0.211. The highest BCUT2D eigenvalue weighted by Crippen LogP contribution is 2.40. The number of thiophene rings is 1. The SMILES string of the molecule is CC(C)N(C)Sc1scc(N)c1O. The van der Waals surface area contributed by atoms with Crippen LogP contribution in [0.1, 0.15) is 13.8 Å². The fourth-order valence-electron chi connectivity index (χ4n) is 0.647. The molecule has 0 radical (unpaired) electrons. The van der Waals surface area contributed by atoms with Gasteiger partial charge in [-0.3, -0.25) is 0 Å². The van der Waals surface area contributed by atoms with Crippen molar-refractivity contribution in [1.82, 2.24) is 4.31 Å². The quantitative estimate of drug-likeness (QED) is 0.765. The minimum Gasteiger partial charge on any atom is -0.504 e. The molecule has 1 aromatic rings. The van der Waals surface area contributed by atoms with Crippen LogP contribution in [0.15, 0.2) is 9.59 Å². The number of hydrogen-bond acceptors (Lipinski definition) is 5. The van der Waals surface area contributed by atoms with Gasteiger partial charge in [-0.15, -0.1) is 11.3 Å². The van der Waals surface area contributed by atoms with E-state index in [4.69, 9.17) is 5.73 Å². The van der Waals surface area contributed by atoms with Gasteiger partial charge in [0.05, 0.1) is 5.69 Å². The Bertz CT molecular complexity index is 286. The number of aromatic hydroxyl groups is 1. The van der Waals surface area contributed by atoms with Crippen LogP contribution >= 0.6 is 23.3 Å². The molecular formula is C8H14N2OS2. The smallest absolute Gasteiger partial charge is 0.164 e. The maximum absolute atomic E-state index is 9.51. The number of nitrogen functional groups attached to an aromatic ring is 1. The highest BCUT2D eigenvalue weighted by molar-refractivity contribution is 7.99. The lowest BCUT2D eigenvalue weighted by Crippen LogP contribution is -2.17. The van der Waals surface area contributed by atoms with Crippen LogP contribution in [0, 0.1) is 0 Å². The third-order valence-electron chi connectivity index (χ3n) is 1.71. The van der Waals surface area contributed by atoms with Gasteiger partial charge in [-0.25, -0.2) is 4.31 Å². The van der Waals surface area contributed by atoms with Crippen molar-refractivity contribution >= 4 is 29.0 Å². The topological polar surface area (TPSA) is 49.5 Å². The summed E-state index contributed by atoms with van der Waals surface area (Å²) in [6.45, 7) is 4.20. The standard InChI is InChI=1S/C8H14N2OS2/c1-5(2)10(3)13-8-7(11)6(9)4-12-8/h4-5,11H,9H2,1-3H3. The molecule has 0 aliphatic carbocycles. The highest BCUT2D eigenvalue weighted by atomic mass is 32.2. The molecule has 0 spiro atoms. The summed E-state index contributed by atoms with van der Waals surface area (Å²) in [6.07, 6.45) is 0. The van der Waals surface area contributed by atoms with Crippen LogP contribution in [0.4, 0.5) is 5.69 Å². The molecule has 1 rings (SSSR count). The Labute approximate surface area is 86.7 Å². The molecular weight excluding hydrogens is 204 g/mol. The van der Waals surface area contributed by atoms with Crippen LogP contribution in [0.3, 0.4) is 0 Å². The monoisotopic (exact) mass is 218 g/mol. The van der Waals surface area contributed by atoms with Gasteiger partial charge < -0.3 is 10.8 Å². The van der Waals surface area contributed by atoms with E-state index in [-0.39, 0.29) is 5.75 Å². The van der Waals surface area contributed by atoms with Gasteiger partial charge in [0.25, 0.3) is 0 Å². The summed E-state index contributed by atoms with van der Waals surface area (Å²) in [5.41, 5.74) is 5.98. The molecule has 74 valence electrons. The Kier molecular flexibility index (Phi) is 3.47. The molecule has 0 fully saturated rings. The van der Waals surface area contributed by atoms with Gasteiger partial charge >= 0.3 is 0 Å². The van der Waals surface area contributed by atoms with Crippen LogP contribution in [-0.4, -0.2) is 22.5 Å². The zero-order valence-corrected chi connectivity index (χ0v) is 9.58. The number of nitrogens with two attached hydrogens (primary N) is 1. The summed E-state index contributed by atoms with van der Waals surface area (Å²) in [4.78, 5) is 0. The van der Waals surface area contributed by atoms with Crippen molar-refractivity contribution in [2.75, 3.05) is 12.8 Å². The van der Waals surface area contributed by atoms with Gasteiger partial charge in [0.2, 0.25) is 0 Å². The van der Waals surface area contributed by atoms with Crippen LogP contribution in [-0.2, 0) is 0 Å². The summed E-state index contributed by atoms with van der Waals surface area (Å²) >= 11 is 2.99. The molecule has 0 atom stereocenters. The van der Waals surface area contributed by atoms with Gasteiger partial charge in [-0.1, -0.05) is 0 Å². The average Bonchev–Trinajstić information content (AvgIpc) is 2.36. The van der Waals surface area contributed by atoms with E-state index in [0.717, 1.165) is 4.21 Å². The Morgan fingerprint density at radius 1 is 1.62 bits per heavy atom.